The Bertz CT molecular complexity index is 762. The van der Waals surface area contributed by atoms with E-state index in [0.717, 1.165) is 11.1 Å². The summed E-state index contributed by atoms with van der Waals surface area (Å²) in [6.07, 6.45) is 3.40. The first-order valence-electron chi connectivity index (χ1n) is 7.23. The maximum atomic E-state index is 12.2. The predicted octanol–water partition coefficient (Wildman–Crippen LogP) is 2.44. The normalized spacial score (nSPS) is 10.6. The smallest absolute Gasteiger partial charge is 0.271 e. The fraction of sp³-hybridized carbons (Fsp3) is 0. The van der Waals surface area contributed by atoms with Gasteiger partial charge in [0, 0.05) is 29.1 Å². The Morgan fingerprint density at radius 2 is 1.25 bits per heavy atom. The molecule has 0 spiro atoms. The number of carbonyl (C=O) groups excluding carboxylic acids is 1. The van der Waals surface area contributed by atoms with Crippen molar-refractivity contribution in [2.24, 2.45) is 5.10 Å². The summed E-state index contributed by atoms with van der Waals surface area (Å²) in [7, 11) is 0. The Morgan fingerprint density at radius 1 is 0.750 bits per heavy atom. The highest BCUT2D eigenvalue weighted by atomic mass is 16.2. The molecule has 3 aromatic rings. The van der Waals surface area contributed by atoms with Gasteiger partial charge >= 0.3 is 0 Å². The van der Waals surface area contributed by atoms with Crippen molar-refractivity contribution in [3.63, 3.8) is 0 Å². The highest BCUT2D eigenvalue weighted by Gasteiger charge is 2.08. The third kappa shape index (κ3) is 4.12. The molecule has 0 aliphatic rings. The van der Waals surface area contributed by atoms with Gasteiger partial charge in [0.05, 0.1) is 5.71 Å². The van der Waals surface area contributed by atoms with Gasteiger partial charge < -0.3 is 5.48 Å². The number of nitrogens with zero attached hydrogens (tertiary/aromatic N) is 2. The number of benzene rings is 2. The van der Waals surface area contributed by atoms with Crippen molar-refractivity contribution in [2.75, 3.05) is 0 Å². The summed E-state index contributed by atoms with van der Waals surface area (Å²) < 4.78 is 0. The standard InChI is InChI=1S/C19H15N3O.H2O/c23-19(17-9-5-2-6-10-17)22-21-18(15-7-3-1-4-8-15)16-11-13-20-14-12-16;/h1-14H,(H,22,23);1H2. The lowest BCUT2D eigenvalue weighted by Gasteiger charge is -2.07. The van der Waals surface area contributed by atoms with Crippen molar-refractivity contribution in [1.82, 2.24) is 10.4 Å². The molecule has 0 radical (unpaired) electrons. The van der Waals surface area contributed by atoms with Crippen LogP contribution in [-0.4, -0.2) is 22.1 Å². The highest BCUT2D eigenvalue weighted by molar-refractivity contribution is 6.13. The predicted molar refractivity (Wildman–Crippen MR) is 93.8 cm³/mol. The number of carbonyl (C=O) groups is 1. The molecule has 1 heterocycles. The molecule has 0 aliphatic carbocycles. The maximum Gasteiger partial charge on any atom is 0.271 e. The topological polar surface area (TPSA) is 85.9 Å². The van der Waals surface area contributed by atoms with E-state index in [1.54, 1.807) is 24.5 Å². The van der Waals surface area contributed by atoms with Gasteiger partial charge in [0.25, 0.3) is 5.91 Å². The van der Waals surface area contributed by atoms with Crippen LogP contribution in [0, 0.1) is 0 Å². The van der Waals surface area contributed by atoms with Gasteiger partial charge in [0.1, 0.15) is 0 Å². The lowest BCUT2D eigenvalue weighted by Crippen LogP contribution is -2.20. The number of hydrogen-bond donors (Lipinski definition) is 1. The monoisotopic (exact) mass is 319 g/mol. The van der Waals surface area contributed by atoms with E-state index in [0.29, 0.717) is 11.3 Å². The second-order valence-corrected chi connectivity index (χ2v) is 4.87. The molecule has 3 rings (SSSR count). The van der Waals surface area contributed by atoms with Crippen LogP contribution < -0.4 is 5.43 Å². The summed E-state index contributed by atoms with van der Waals surface area (Å²) >= 11 is 0. The van der Waals surface area contributed by atoms with Crippen LogP contribution in [0.1, 0.15) is 21.5 Å². The summed E-state index contributed by atoms with van der Waals surface area (Å²) in [4.78, 5) is 16.2. The van der Waals surface area contributed by atoms with Gasteiger partial charge in [-0.3, -0.25) is 9.78 Å². The van der Waals surface area contributed by atoms with E-state index in [2.05, 4.69) is 15.5 Å². The lowest BCUT2D eigenvalue weighted by molar-refractivity contribution is 0.0955. The number of rotatable bonds is 4. The van der Waals surface area contributed by atoms with Crippen LogP contribution in [0.5, 0.6) is 0 Å². The number of nitrogens with one attached hydrogen (secondary N) is 1. The molecule has 0 saturated heterocycles. The molecule has 0 saturated carbocycles. The summed E-state index contributed by atoms with van der Waals surface area (Å²) in [5.41, 5.74) is 5.70. The summed E-state index contributed by atoms with van der Waals surface area (Å²) in [5.74, 6) is -0.243. The molecule has 1 amide bonds. The third-order valence-electron chi connectivity index (χ3n) is 3.31. The van der Waals surface area contributed by atoms with E-state index in [1.807, 2.05) is 60.7 Å². The Balaban J connectivity index is 0.00000208. The molecule has 5 nitrogen and oxygen atoms in total. The minimum atomic E-state index is -0.243. The molecule has 24 heavy (non-hydrogen) atoms. The Morgan fingerprint density at radius 3 is 1.83 bits per heavy atom. The van der Waals surface area contributed by atoms with Crippen molar-refractivity contribution in [2.45, 2.75) is 0 Å². The largest absolute Gasteiger partial charge is 0.412 e. The molecule has 0 bridgehead atoms. The molecule has 0 unspecified atom stereocenters. The first kappa shape index (κ1) is 17.1. The Kier molecular flexibility index (Phi) is 5.94. The molecule has 0 fully saturated rings. The molecule has 1 aromatic heterocycles. The van der Waals surface area contributed by atoms with Crippen LogP contribution in [-0.2, 0) is 0 Å². The van der Waals surface area contributed by atoms with Gasteiger partial charge in [-0.05, 0) is 24.3 Å². The average molecular weight is 319 g/mol. The summed E-state index contributed by atoms with van der Waals surface area (Å²) in [6.45, 7) is 0. The van der Waals surface area contributed by atoms with Crippen molar-refractivity contribution < 1.29 is 10.3 Å². The van der Waals surface area contributed by atoms with Gasteiger partial charge in [-0.1, -0.05) is 48.5 Å². The van der Waals surface area contributed by atoms with Crippen molar-refractivity contribution >= 4 is 11.6 Å². The van der Waals surface area contributed by atoms with Gasteiger partial charge in [-0.25, -0.2) is 5.43 Å². The van der Waals surface area contributed by atoms with Gasteiger partial charge in [-0.2, -0.15) is 5.10 Å². The zero-order valence-electron chi connectivity index (χ0n) is 12.9. The van der Waals surface area contributed by atoms with Crippen LogP contribution in [0.4, 0.5) is 0 Å². The fourth-order valence-corrected chi connectivity index (χ4v) is 2.16. The quantitative estimate of drug-likeness (QED) is 0.591. The maximum absolute atomic E-state index is 12.2. The van der Waals surface area contributed by atoms with Crippen LogP contribution in [0.3, 0.4) is 0 Å². The summed E-state index contributed by atoms with van der Waals surface area (Å²) in [6, 6.07) is 22.4. The van der Waals surface area contributed by atoms with Gasteiger partial charge in [0.15, 0.2) is 0 Å². The first-order chi connectivity index (χ1) is 11.3. The number of pyridine rings is 1. The number of amides is 1. The van der Waals surface area contributed by atoms with E-state index in [9.17, 15) is 4.79 Å². The summed E-state index contributed by atoms with van der Waals surface area (Å²) in [5, 5.41) is 4.33. The number of hydrazone groups is 1. The van der Waals surface area contributed by atoms with Crippen LogP contribution >= 0.6 is 0 Å². The molecule has 2 aromatic carbocycles. The van der Waals surface area contributed by atoms with Crippen LogP contribution in [0.2, 0.25) is 0 Å². The number of aromatic nitrogens is 1. The minimum absolute atomic E-state index is 0. The van der Waals surface area contributed by atoms with Crippen molar-refractivity contribution in [3.8, 4) is 0 Å². The molecular weight excluding hydrogens is 302 g/mol. The zero-order valence-corrected chi connectivity index (χ0v) is 12.9. The van der Waals surface area contributed by atoms with Crippen molar-refractivity contribution in [1.29, 1.82) is 0 Å². The third-order valence-corrected chi connectivity index (χ3v) is 3.31. The molecule has 3 N–H and O–H groups in total. The molecule has 0 atom stereocenters. The van der Waals surface area contributed by atoms with E-state index >= 15 is 0 Å². The SMILES string of the molecule is O.O=C(NN=C(c1ccccc1)c1ccncc1)c1ccccc1. The van der Waals surface area contributed by atoms with Crippen LogP contribution in [0.15, 0.2) is 90.3 Å². The fourth-order valence-electron chi connectivity index (χ4n) is 2.16. The molecule has 5 heteroatoms. The molecule has 120 valence electrons. The van der Waals surface area contributed by atoms with E-state index in [1.165, 1.54) is 0 Å². The van der Waals surface area contributed by atoms with Crippen LogP contribution in [0.25, 0.3) is 0 Å². The average Bonchev–Trinajstić information content (AvgIpc) is 2.64. The van der Waals surface area contributed by atoms with E-state index in [-0.39, 0.29) is 11.4 Å². The second kappa shape index (κ2) is 8.36. The Hall–Kier alpha value is -3.31. The van der Waals surface area contributed by atoms with E-state index in [4.69, 9.17) is 0 Å². The molecular formula is C19H17N3O2. The van der Waals surface area contributed by atoms with Gasteiger partial charge in [0.2, 0.25) is 0 Å². The highest BCUT2D eigenvalue weighted by Crippen LogP contribution is 2.10. The van der Waals surface area contributed by atoms with Crippen molar-refractivity contribution in [3.05, 3.63) is 102 Å². The Labute approximate surface area is 140 Å². The lowest BCUT2D eigenvalue weighted by atomic mass is 10.0. The second-order valence-electron chi connectivity index (χ2n) is 4.87. The van der Waals surface area contributed by atoms with Gasteiger partial charge in [-0.15, -0.1) is 0 Å². The first-order valence-corrected chi connectivity index (χ1v) is 7.23. The number of hydrogen-bond acceptors (Lipinski definition) is 3. The van der Waals surface area contributed by atoms with E-state index < -0.39 is 0 Å². The minimum Gasteiger partial charge on any atom is -0.412 e. The molecule has 0 aliphatic heterocycles. The zero-order chi connectivity index (χ0) is 15.9.